The zero-order chi connectivity index (χ0) is 12.6. The number of hydrogen-bond donors (Lipinski definition) is 1. The average molecular weight is 280 g/mol. The van der Waals surface area contributed by atoms with Crippen LogP contribution in [0.15, 0.2) is 28.6 Å². The second-order valence-electron chi connectivity index (χ2n) is 4.25. The number of rotatable bonds is 8. The van der Waals surface area contributed by atoms with Crippen molar-refractivity contribution < 1.29 is 0 Å². The molecule has 0 spiro atoms. The molecule has 1 heterocycles. The molecule has 0 aliphatic rings. The zero-order valence-corrected chi connectivity index (χ0v) is 12.4. The first-order chi connectivity index (χ1) is 8.90. The topological polar surface area (TPSA) is 24.9 Å². The number of benzene rings is 1. The third-order valence-corrected chi connectivity index (χ3v) is 4.92. The number of nitrogens with zero attached hydrogens (tertiary/aromatic N) is 1. The standard InChI is InChI=1S/C14H20N2S2/c1-2-3-6-9-15-10-11-17-14-16-12-7-4-5-8-13(12)18-14/h4-5,7-8,15H,2-3,6,9-11H2,1H3. The van der Waals surface area contributed by atoms with E-state index < -0.39 is 0 Å². The van der Waals surface area contributed by atoms with E-state index in [1.54, 1.807) is 11.3 Å². The molecule has 0 bridgehead atoms. The van der Waals surface area contributed by atoms with E-state index in [0.717, 1.165) is 24.4 Å². The Kier molecular flexibility index (Phi) is 5.97. The second-order valence-corrected chi connectivity index (χ2v) is 6.63. The molecule has 0 atom stereocenters. The number of thiazole rings is 1. The Hall–Kier alpha value is -0.580. The maximum absolute atomic E-state index is 4.61. The van der Waals surface area contributed by atoms with Gasteiger partial charge in [-0.3, -0.25) is 0 Å². The van der Waals surface area contributed by atoms with Gasteiger partial charge in [0.25, 0.3) is 0 Å². The molecule has 2 aromatic rings. The summed E-state index contributed by atoms with van der Waals surface area (Å²) >= 11 is 3.65. The maximum atomic E-state index is 4.61. The third kappa shape index (κ3) is 4.26. The molecule has 0 saturated heterocycles. The molecule has 1 aromatic carbocycles. The Morgan fingerprint density at radius 2 is 2.11 bits per heavy atom. The van der Waals surface area contributed by atoms with Gasteiger partial charge in [-0.25, -0.2) is 4.98 Å². The zero-order valence-electron chi connectivity index (χ0n) is 10.8. The smallest absolute Gasteiger partial charge is 0.151 e. The highest BCUT2D eigenvalue weighted by atomic mass is 32.2. The normalized spacial score (nSPS) is 11.2. The number of unbranched alkanes of at least 4 members (excludes halogenated alkanes) is 2. The van der Waals surface area contributed by atoms with Crippen LogP contribution >= 0.6 is 23.1 Å². The lowest BCUT2D eigenvalue weighted by Crippen LogP contribution is -2.18. The largest absolute Gasteiger partial charge is 0.316 e. The van der Waals surface area contributed by atoms with Gasteiger partial charge in [-0.15, -0.1) is 11.3 Å². The summed E-state index contributed by atoms with van der Waals surface area (Å²) in [5.41, 5.74) is 1.13. The van der Waals surface area contributed by atoms with Crippen molar-refractivity contribution in [2.75, 3.05) is 18.8 Å². The van der Waals surface area contributed by atoms with Crippen molar-refractivity contribution in [2.24, 2.45) is 0 Å². The van der Waals surface area contributed by atoms with Crippen LogP contribution in [0, 0.1) is 0 Å². The van der Waals surface area contributed by atoms with Crippen LogP contribution in [0.1, 0.15) is 26.2 Å². The van der Waals surface area contributed by atoms with Crippen molar-refractivity contribution in [2.45, 2.75) is 30.5 Å². The number of nitrogens with one attached hydrogen (secondary N) is 1. The van der Waals surface area contributed by atoms with Gasteiger partial charge in [0.2, 0.25) is 0 Å². The van der Waals surface area contributed by atoms with Crippen molar-refractivity contribution in [3.63, 3.8) is 0 Å². The summed E-state index contributed by atoms with van der Waals surface area (Å²) in [4.78, 5) is 4.61. The Balaban J connectivity index is 1.67. The molecule has 98 valence electrons. The van der Waals surface area contributed by atoms with Crippen LogP contribution in [-0.2, 0) is 0 Å². The number of para-hydroxylation sites is 1. The molecule has 2 rings (SSSR count). The van der Waals surface area contributed by atoms with Crippen molar-refractivity contribution in [3.05, 3.63) is 24.3 Å². The summed E-state index contributed by atoms with van der Waals surface area (Å²) in [5, 5.41) is 3.48. The minimum atomic E-state index is 1.07. The van der Waals surface area contributed by atoms with E-state index in [0.29, 0.717) is 0 Å². The van der Waals surface area contributed by atoms with Gasteiger partial charge >= 0.3 is 0 Å². The van der Waals surface area contributed by atoms with E-state index in [2.05, 4.69) is 35.4 Å². The van der Waals surface area contributed by atoms with Crippen molar-refractivity contribution in [1.82, 2.24) is 10.3 Å². The second kappa shape index (κ2) is 7.77. The van der Waals surface area contributed by atoms with E-state index in [1.807, 2.05) is 17.8 Å². The van der Waals surface area contributed by atoms with Crippen LogP contribution in [0.4, 0.5) is 0 Å². The van der Waals surface area contributed by atoms with Gasteiger partial charge in [0, 0.05) is 12.3 Å². The Morgan fingerprint density at radius 1 is 1.22 bits per heavy atom. The molecule has 0 aliphatic carbocycles. The highest BCUT2D eigenvalue weighted by molar-refractivity contribution is 8.01. The van der Waals surface area contributed by atoms with Crippen LogP contribution in [0.2, 0.25) is 0 Å². The lowest BCUT2D eigenvalue weighted by molar-refractivity contribution is 0.636. The van der Waals surface area contributed by atoms with Gasteiger partial charge in [-0.05, 0) is 25.1 Å². The summed E-state index contributed by atoms with van der Waals surface area (Å²) in [5.74, 6) is 1.10. The molecule has 1 aromatic heterocycles. The predicted octanol–water partition coefficient (Wildman–Crippen LogP) is 4.17. The summed E-state index contributed by atoms with van der Waals surface area (Å²) in [6, 6.07) is 8.34. The third-order valence-electron chi connectivity index (χ3n) is 2.74. The van der Waals surface area contributed by atoms with Gasteiger partial charge in [0.15, 0.2) is 4.34 Å². The summed E-state index contributed by atoms with van der Waals surface area (Å²) in [7, 11) is 0. The average Bonchev–Trinajstić information content (AvgIpc) is 2.80. The van der Waals surface area contributed by atoms with E-state index in [9.17, 15) is 0 Å². The molecule has 18 heavy (non-hydrogen) atoms. The van der Waals surface area contributed by atoms with E-state index >= 15 is 0 Å². The fraction of sp³-hybridized carbons (Fsp3) is 0.500. The van der Waals surface area contributed by atoms with E-state index in [1.165, 1.54) is 28.3 Å². The maximum Gasteiger partial charge on any atom is 0.151 e. The molecule has 0 amide bonds. The highest BCUT2D eigenvalue weighted by Gasteiger charge is 2.02. The first kappa shape index (κ1) is 13.8. The number of aromatic nitrogens is 1. The van der Waals surface area contributed by atoms with Crippen molar-refractivity contribution in [1.29, 1.82) is 0 Å². The lowest BCUT2D eigenvalue weighted by Gasteiger charge is -2.02. The summed E-state index contributed by atoms with van der Waals surface area (Å²) in [6.07, 6.45) is 3.92. The molecular formula is C14H20N2S2. The number of hydrogen-bond acceptors (Lipinski definition) is 4. The van der Waals surface area contributed by atoms with Crippen LogP contribution in [0.25, 0.3) is 10.2 Å². The highest BCUT2D eigenvalue weighted by Crippen LogP contribution is 2.28. The van der Waals surface area contributed by atoms with Crippen LogP contribution in [-0.4, -0.2) is 23.8 Å². The van der Waals surface area contributed by atoms with Crippen molar-refractivity contribution in [3.8, 4) is 0 Å². The molecule has 0 saturated carbocycles. The monoisotopic (exact) mass is 280 g/mol. The van der Waals surface area contributed by atoms with Gasteiger partial charge in [-0.1, -0.05) is 43.7 Å². The van der Waals surface area contributed by atoms with Gasteiger partial charge < -0.3 is 5.32 Å². The molecule has 4 heteroatoms. The Bertz CT molecular complexity index is 435. The molecule has 0 aliphatic heterocycles. The molecule has 0 fully saturated rings. The molecule has 1 N–H and O–H groups in total. The lowest BCUT2D eigenvalue weighted by atomic mass is 10.2. The minimum absolute atomic E-state index is 1.07. The van der Waals surface area contributed by atoms with Crippen LogP contribution in [0.5, 0.6) is 0 Å². The Labute approximate surface area is 117 Å². The molecular weight excluding hydrogens is 260 g/mol. The fourth-order valence-corrected chi connectivity index (χ4v) is 3.78. The van der Waals surface area contributed by atoms with E-state index in [-0.39, 0.29) is 0 Å². The molecule has 0 radical (unpaired) electrons. The van der Waals surface area contributed by atoms with E-state index in [4.69, 9.17) is 0 Å². The Morgan fingerprint density at radius 3 is 2.94 bits per heavy atom. The predicted molar refractivity (Wildman–Crippen MR) is 82.7 cm³/mol. The van der Waals surface area contributed by atoms with Gasteiger partial charge in [0.1, 0.15) is 0 Å². The number of thioether (sulfide) groups is 1. The molecule has 2 nitrogen and oxygen atoms in total. The quantitative estimate of drug-likeness (QED) is 0.580. The first-order valence-corrected chi connectivity index (χ1v) is 8.39. The van der Waals surface area contributed by atoms with Gasteiger partial charge in [0.05, 0.1) is 10.2 Å². The van der Waals surface area contributed by atoms with Crippen molar-refractivity contribution >= 4 is 33.3 Å². The fourth-order valence-electron chi connectivity index (χ4n) is 1.75. The summed E-state index contributed by atoms with van der Waals surface area (Å²) in [6.45, 7) is 4.46. The first-order valence-electron chi connectivity index (χ1n) is 6.59. The van der Waals surface area contributed by atoms with Crippen LogP contribution in [0.3, 0.4) is 0 Å². The SMILES string of the molecule is CCCCCNCCSc1nc2ccccc2s1. The number of fused-ring (bicyclic) bond motifs is 1. The minimum Gasteiger partial charge on any atom is -0.316 e. The molecule has 0 unspecified atom stereocenters. The van der Waals surface area contributed by atoms with Gasteiger partial charge in [-0.2, -0.15) is 0 Å². The van der Waals surface area contributed by atoms with Crippen LogP contribution < -0.4 is 5.32 Å². The summed E-state index contributed by atoms with van der Waals surface area (Å²) < 4.78 is 2.47.